The lowest BCUT2D eigenvalue weighted by atomic mass is 10.1. The molecule has 25 heavy (non-hydrogen) atoms. The molecule has 0 aliphatic carbocycles. The van der Waals surface area contributed by atoms with E-state index in [4.69, 9.17) is 9.15 Å². The SMILES string of the molecule is CCCCCOc1ccc(-c2ncc(-c3ccc(C=O)cc3)o2)cc1. The van der Waals surface area contributed by atoms with E-state index >= 15 is 0 Å². The topological polar surface area (TPSA) is 52.3 Å². The molecule has 3 aromatic rings. The number of benzene rings is 2. The molecule has 0 aliphatic heterocycles. The molecular formula is C21H21NO3. The van der Waals surface area contributed by atoms with E-state index in [1.54, 1.807) is 18.3 Å². The minimum Gasteiger partial charge on any atom is -0.494 e. The first-order chi connectivity index (χ1) is 12.3. The Bertz CT molecular complexity index is 804. The molecule has 0 aliphatic rings. The number of hydrogen-bond acceptors (Lipinski definition) is 4. The van der Waals surface area contributed by atoms with Crippen molar-refractivity contribution in [1.82, 2.24) is 4.98 Å². The molecule has 2 aromatic carbocycles. The standard InChI is InChI=1S/C21H21NO3/c1-2-3-4-13-24-19-11-9-18(10-12-19)21-22-14-20(25-21)17-7-5-16(15-23)6-8-17/h5-12,14-15H,2-4,13H2,1H3. The summed E-state index contributed by atoms with van der Waals surface area (Å²) >= 11 is 0. The molecule has 1 aromatic heterocycles. The number of carbonyl (C=O) groups is 1. The third-order valence-electron chi connectivity index (χ3n) is 3.95. The maximum atomic E-state index is 10.7. The molecule has 0 saturated carbocycles. The zero-order valence-corrected chi connectivity index (χ0v) is 14.3. The minimum atomic E-state index is 0.562. The predicted molar refractivity (Wildman–Crippen MR) is 97.8 cm³/mol. The smallest absolute Gasteiger partial charge is 0.226 e. The van der Waals surface area contributed by atoms with E-state index in [-0.39, 0.29) is 0 Å². The number of aromatic nitrogens is 1. The van der Waals surface area contributed by atoms with Gasteiger partial charge in [0.05, 0.1) is 12.8 Å². The maximum absolute atomic E-state index is 10.7. The van der Waals surface area contributed by atoms with Crippen molar-refractivity contribution in [2.45, 2.75) is 26.2 Å². The number of unbranched alkanes of at least 4 members (excludes halogenated alkanes) is 2. The second-order valence-corrected chi connectivity index (χ2v) is 5.85. The first-order valence-electron chi connectivity index (χ1n) is 8.55. The second kappa shape index (κ2) is 8.29. The average molecular weight is 335 g/mol. The number of ether oxygens (including phenoxy) is 1. The van der Waals surface area contributed by atoms with Crippen LogP contribution in [0.4, 0.5) is 0 Å². The molecule has 4 nitrogen and oxygen atoms in total. The lowest BCUT2D eigenvalue weighted by Crippen LogP contribution is -1.96. The molecule has 0 saturated heterocycles. The Labute approximate surface area is 147 Å². The molecule has 0 spiro atoms. The highest BCUT2D eigenvalue weighted by Crippen LogP contribution is 2.27. The van der Waals surface area contributed by atoms with Gasteiger partial charge >= 0.3 is 0 Å². The summed E-state index contributed by atoms with van der Waals surface area (Å²) < 4.78 is 11.6. The van der Waals surface area contributed by atoms with Crippen LogP contribution >= 0.6 is 0 Å². The van der Waals surface area contributed by atoms with Gasteiger partial charge in [0.15, 0.2) is 5.76 Å². The van der Waals surface area contributed by atoms with Crippen molar-refractivity contribution in [3.8, 4) is 28.5 Å². The van der Waals surface area contributed by atoms with Crippen LogP contribution in [-0.2, 0) is 0 Å². The van der Waals surface area contributed by atoms with Crippen LogP contribution in [-0.4, -0.2) is 17.9 Å². The van der Waals surface area contributed by atoms with Crippen LogP contribution < -0.4 is 4.74 Å². The largest absolute Gasteiger partial charge is 0.494 e. The molecule has 1 heterocycles. The van der Waals surface area contributed by atoms with E-state index in [1.807, 2.05) is 36.4 Å². The zero-order valence-electron chi connectivity index (χ0n) is 14.3. The molecule has 4 heteroatoms. The van der Waals surface area contributed by atoms with Gasteiger partial charge in [-0.15, -0.1) is 0 Å². The van der Waals surface area contributed by atoms with Gasteiger partial charge in [-0.05, 0) is 30.7 Å². The lowest BCUT2D eigenvalue weighted by molar-refractivity contribution is 0.112. The number of hydrogen-bond donors (Lipinski definition) is 0. The van der Waals surface area contributed by atoms with Crippen molar-refractivity contribution in [3.05, 3.63) is 60.3 Å². The van der Waals surface area contributed by atoms with E-state index in [0.29, 0.717) is 17.2 Å². The van der Waals surface area contributed by atoms with Crippen molar-refractivity contribution in [1.29, 1.82) is 0 Å². The quantitative estimate of drug-likeness (QED) is 0.409. The highest BCUT2D eigenvalue weighted by molar-refractivity contribution is 5.76. The van der Waals surface area contributed by atoms with Crippen molar-refractivity contribution >= 4 is 6.29 Å². The molecular weight excluding hydrogens is 314 g/mol. The van der Waals surface area contributed by atoms with Gasteiger partial charge in [-0.25, -0.2) is 4.98 Å². The number of carbonyl (C=O) groups excluding carboxylic acids is 1. The highest BCUT2D eigenvalue weighted by atomic mass is 16.5. The van der Waals surface area contributed by atoms with E-state index in [9.17, 15) is 4.79 Å². The molecule has 0 bridgehead atoms. The Morgan fingerprint density at radius 1 is 1.00 bits per heavy atom. The van der Waals surface area contributed by atoms with Gasteiger partial charge in [0.2, 0.25) is 5.89 Å². The van der Waals surface area contributed by atoms with Crippen molar-refractivity contribution in [2.75, 3.05) is 6.61 Å². The van der Waals surface area contributed by atoms with Gasteiger partial charge < -0.3 is 9.15 Å². The van der Waals surface area contributed by atoms with E-state index in [0.717, 1.165) is 36.2 Å². The number of rotatable bonds is 8. The van der Waals surface area contributed by atoms with Crippen LogP contribution in [0.15, 0.2) is 59.1 Å². The Morgan fingerprint density at radius 3 is 2.40 bits per heavy atom. The molecule has 0 atom stereocenters. The first kappa shape index (κ1) is 17.0. The predicted octanol–water partition coefficient (Wildman–Crippen LogP) is 5.39. The molecule has 0 radical (unpaired) electrons. The fourth-order valence-electron chi connectivity index (χ4n) is 2.50. The van der Waals surface area contributed by atoms with E-state index in [2.05, 4.69) is 11.9 Å². The Hall–Kier alpha value is -2.88. The molecule has 0 unspecified atom stereocenters. The highest BCUT2D eigenvalue weighted by Gasteiger charge is 2.09. The van der Waals surface area contributed by atoms with Gasteiger partial charge in [0.25, 0.3) is 0 Å². The number of aldehydes is 1. The maximum Gasteiger partial charge on any atom is 0.226 e. The molecule has 0 fully saturated rings. The zero-order chi connectivity index (χ0) is 17.5. The lowest BCUT2D eigenvalue weighted by Gasteiger charge is -2.05. The van der Waals surface area contributed by atoms with Crippen LogP contribution in [0, 0.1) is 0 Å². The van der Waals surface area contributed by atoms with E-state index < -0.39 is 0 Å². The van der Waals surface area contributed by atoms with Crippen LogP contribution in [0.25, 0.3) is 22.8 Å². The Morgan fingerprint density at radius 2 is 1.72 bits per heavy atom. The Kier molecular flexibility index (Phi) is 5.62. The fraction of sp³-hybridized carbons (Fsp3) is 0.238. The minimum absolute atomic E-state index is 0.562. The monoisotopic (exact) mass is 335 g/mol. The summed E-state index contributed by atoms with van der Waals surface area (Å²) in [6.07, 6.45) is 5.96. The summed E-state index contributed by atoms with van der Waals surface area (Å²) in [5.41, 5.74) is 2.43. The van der Waals surface area contributed by atoms with Crippen molar-refractivity contribution in [3.63, 3.8) is 0 Å². The van der Waals surface area contributed by atoms with Crippen molar-refractivity contribution < 1.29 is 13.9 Å². The van der Waals surface area contributed by atoms with Crippen LogP contribution in [0.2, 0.25) is 0 Å². The summed E-state index contributed by atoms with van der Waals surface area (Å²) in [6, 6.07) is 15.0. The molecule has 3 rings (SSSR count). The molecule has 128 valence electrons. The number of nitrogens with zero attached hydrogens (tertiary/aromatic N) is 1. The van der Waals surface area contributed by atoms with Crippen LogP contribution in [0.1, 0.15) is 36.5 Å². The first-order valence-corrected chi connectivity index (χ1v) is 8.55. The number of oxazole rings is 1. The second-order valence-electron chi connectivity index (χ2n) is 5.85. The third kappa shape index (κ3) is 4.35. The molecule has 0 amide bonds. The average Bonchev–Trinajstić information content (AvgIpc) is 3.16. The summed E-state index contributed by atoms with van der Waals surface area (Å²) in [7, 11) is 0. The van der Waals surface area contributed by atoms with Gasteiger partial charge in [0.1, 0.15) is 12.0 Å². The van der Waals surface area contributed by atoms with Crippen LogP contribution in [0.3, 0.4) is 0 Å². The summed E-state index contributed by atoms with van der Waals surface area (Å²) in [5.74, 6) is 2.09. The fourth-order valence-corrected chi connectivity index (χ4v) is 2.50. The third-order valence-corrected chi connectivity index (χ3v) is 3.95. The van der Waals surface area contributed by atoms with Crippen molar-refractivity contribution in [2.24, 2.45) is 0 Å². The van der Waals surface area contributed by atoms with Gasteiger partial charge in [-0.2, -0.15) is 0 Å². The molecule has 0 N–H and O–H groups in total. The van der Waals surface area contributed by atoms with Gasteiger partial charge in [-0.3, -0.25) is 4.79 Å². The van der Waals surface area contributed by atoms with Gasteiger partial charge in [-0.1, -0.05) is 44.0 Å². The summed E-state index contributed by atoms with van der Waals surface area (Å²) in [5, 5.41) is 0. The summed E-state index contributed by atoms with van der Waals surface area (Å²) in [4.78, 5) is 15.1. The van der Waals surface area contributed by atoms with Crippen LogP contribution in [0.5, 0.6) is 5.75 Å². The van der Waals surface area contributed by atoms with Gasteiger partial charge in [0, 0.05) is 16.7 Å². The normalized spacial score (nSPS) is 10.6. The summed E-state index contributed by atoms with van der Waals surface area (Å²) in [6.45, 7) is 2.92. The van der Waals surface area contributed by atoms with E-state index in [1.165, 1.54) is 12.8 Å². The Balaban J connectivity index is 1.68.